The van der Waals surface area contributed by atoms with Crippen molar-refractivity contribution in [1.82, 2.24) is 10.6 Å². The van der Waals surface area contributed by atoms with E-state index in [1.165, 1.54) is 3.57 Å². The molecule has 0 fully saturated rings. The fourth-order valence-corrected chi connectivity index (χ4v) is 6.13. The van der Waals surface area contributed by atoms with E-state index in [-0.39, 0.29) is 38.1 Å². The second kappa shape index (κ2) is 18.2. The van der Waals surface area contributed by atoms with Gasteiger partial charge in [0.2, 0.25) is 0 Å². The number of aryl methyl sites for hydroxylation is 2. The van der Waals surface area contributed by atoms with Crippen molar-refractivity contribution < 1.29 is 19.8 Å². The highest BCUT2D eigenvalue weighted by atomic mass is 127. The van der Waals surface area contributed by atoms with E-state index in [0.717, 1.165) is 45.5 Å². The number of carbonyl (C=O) groups is 2. The molecule has 0 spiro atoms. The lowest BCUT2D eigenvalue weighted by atomic mass is 10.1. The van der Waals surface area contributed by atoms with Crippen molar-refractivity contribution in [2.75, 3.05) is 36.9 Å². The molecule has 4 rings (SSSR count). The lowest BCUT2D eigenvalue weighted by Gasteiger charge is -2.14. The highest BCUT2D eigenvalue weighted by Crippen LogP contribution is 2.28. The van der Waals surface area contributed by atoms with Crippen LogP contribution in [0.4, 0.5) is 22.7 Å². The number of nitrogens with one attached hydrogen (secondary N) is 4. The summed E-state index contributed by atoms with van der Waals surface area (Å²) >= 11 is 10.1. The van der Waals surface area contributed by atoms with Crippen molar-refractivity contribution in [3.63, 3.8) is 0 Å². The highest BCUT2D eigenvalue weighted by molar-refractivity contribution is 14.1. The molecule has 0 bridgehead atoms. The second-order valence-electron chi connectivity index (χ2n) is 9.51. The van der Waals surface area contributed by atoms with Crippen LogP contribution in [0.2, 0.25) is 0 Å². The average molecular weight is 997 g/mol. The van der Waals surface area contributed by atoms with Crippen molar-refractivity contribution in [3.05, 3.63) is 110 Å². The molecule has 0 atom stereocenters. The van der Waals surface area contributed by atoms with E-state index in [1.54, 1.807) is 6.07 Å². The van der Waals surface area contributed by atoms with Crippen molar-refractivity contribution in [2.24, 2.45) is 0 Å². The maximum atomic E-state index is 12.2. The SMILES string of the molecule is Cc1cc(I)ccc1Nc1ccc(Br)cc1C(=O)NCCO.Cc1cc(I)ccc1Nc1ccc(I)cc1C(=O)NCCO. The van der Waals surface area contributed by atoms with Crippen LogP contribution in [-0.2, 0) is 0 Å². The molecule has 2 amide bonds. The van der Waals surface area contributed by atoms with Crippen LogP contribution in [0, 0.1) is 24.6 Å². The predicted octanol–water partition coefficient (Wildman–Crippen LogP) is 7.50. The van der Waals surface area contributed by atoms with Gasteiger partial charge in [0.05, 0.1) is 35.7 Å². The number of hydrogen-bond acceptors (Lipinski definition) is 6. The molecule has 4 aromatic rings. The largest absolute Gasteiger partial charge is 0.395 e. The highest BCUT2D eigenvalue weighted by Gasteiger charge is 2.14. The minimum atomic E-state index is -0.221. The molecule has 44 heavy (non-hydrogen) atoms. The number of aliphatic hydroxyl groups is 2. The minimum Gasteiger partial charge on any atom is -0.395 e. The van der Waals surface area contributed by atoms with Crippen LogP contribution >= 0.6 is 83.7 Å². The lowest BCUT2D eigenvalue weighted by molar-refractivity contribution is 0.0938. The normalized spacial score (nSPS) is 10.4. The van der Waals surface area contributed by atoms with Gasteiger partial charge in [0, 0.05) is 39.6 Å². The molecule has 0 aromatic heterocycles. The topological polar surface area (TPSA) is 123 Å². The van der Waals surface area contributed by atoms with Gasteiger partial charge in [-0.2, -0.15) is 0 Å². The average Bonchev–Trinajstić information content (AvgIpc) is 2.99. The molecule has 0 aliphatic carbocycles. The van der Waals surface area contributed by atoms with E-state index >= 15 is 0 Å². The summed E-state index contributed by atoms with van der Waals surface area (Å²) in [5.41, 5.74) is 6.72. The van der Waals surface area contributed by atoms with Gasteiger partial charge >= 0.3 is 0 Å². The standard InChI is InChI=1S/C16H16BrIN2O2.C16H16I2N2O2/c1-10-8-12(18)3-5-14(10)20-15-4-2-11(17)9-13(15)16(22)19-6-7-21;1-10-8-11(17)2-4-14(10)20-15-5-3-12(18)9-13(15)16(22)19-6-7-21/h2*2-5,8-9,20-21H,6-7H2,1H3,(H,19,22). The van der Waals surface area contributed by atoms with Gasteiger partial charge in [-0.1, -0.05) is 15.9 Å². The quantitative estimate of drug-likeness (QED) is 0.0917. The first-order valence-electron chi connectivity index (χ1n) is 13.5. The van der Waals surface area contributed by atoms with Gasteiger partial charge in [0.25, 0.3) is 11.8 Å². The molecule has 232 valence electrons. The molecule has 0 aliphatic rings. The first-order valence-corrected chi connectivity index (χ1v) is 17.5. The summed E-state index contributed by atoms with van der Waals surface area (Å²) in [6, 6.07) is 23.4. The summed E-state index contributed by atoms with van der Waals surface area (Å²) in [7, 11) is 0. The van der Waals surface area contributed by atoms with Crippen molar-refractivity contribution in [3.8, 4) is 0 Å². The van der Waals surface area contributed by atoms with Gasteiger partial charge in [0.15, 0.2) is 0 Å². The van der Waals surface area contributed by atoms with Crippen LogP contribution < -0.4 is 21.3 Å². The van der Waals surface area contributed by atoms with Crippen LogP contribution in [0.3, 0.4) is 0 Å². The number of hydrogen-bond donors (Lipinski definition) is 6. The predicted molar refractivity (Wildman–Crippen MR) is 206 cm³/mol. The number of halogens is 4. The zero-order valence-corrected chi connectivity index (χ0v) is 32.0. The van der Waals surface area contributed by atoms with E-state index in [9.17, 15) is 9.59 Å². The number of benzene rings is 4. The van der Waals surface area contributed by atoms with Crippen LogP contribution in [0.1, 0.15) is 31.8 Å². The van der Waals surface area contributed by atoms with Crippen LogP contribution in [0.25, 0.3) is 0 Å². The Hall–Kier alpha value is -1.99. The molecule has 4 aromatic carbocycles. The third-order valence-corrected chi connectivity index (χ3v) is 8.67. The summed E-state index contributed by atoms with van der Waals surface area (Å²) in [5, 5.41) is 29.7. The molecule has 0 aliphatic heterocycles. The third-order valence-electron chi connectivity index (χ3n) is 6.16. The Morgan fingerprint density at radius 3 is 1.43 bits per heavy atom. The zero-order valence-electron chi connectivity index (χ0n) is 24.0. The lowest BCUT2D eigenvalue weighted by Crippen LogP contribution is -2.27. The Kier molecular flexibility index (Phi) is 15.1. The molecule has 8 nitrogen and oxygen atoms in total. The number of amides is 2. The molecular formula is C32H32BrI3N4O4. The molecule has 0 radical (unpaired) electrons. The van der Waals surface area contributed by atoms with E-state index in [1.807, 2.05) is 68.4 Å². The number of rotatable bonds is 10. The van der Waals surface area contributed by atoms with Crippen molar-refractivity contribution >= 4 is 118 Å². The Labute approximate surface area is 306 Å². The van der Waals surface area contributed by atoms with Crippen LogP contribution in [-0.4, -0.2) is 48.3 Å². The summed E-state index contributed by atoms with van der Waals surface area (Å²) in [5.74, 6) is -0.417. The van der Waals surface area contributed by atoms with Crippen LogP contribution in [0.5, 0.6) is 0 Å². The van der Waals surface area contributed by atoms with Gasteiger partial charge < -0.3 is 31.5 Å². The first-order chi connectivity index (χ1) is 21.0. The molecule has 0 saturated carbocycles. The van der Waals surface area contributed by atoms with E-state index in [4.69, 9.17) is 10.2 Å². The van der Waals surface area contributed by atoms with Crippen molar-refractivity contribution in [2.45, 2.75) is 13.8 Å². The van der Waals surface area contributed by atoms with Gasteiger partial charge in [-0.25, -0.2) is 0 Å². The first kappa shape index (κ1) is 36.5. The Balaban J connectivity index is 0.000000240. The zero-order chi connectivity index (χ0) is 32.2. The molecular weight excluding hydrogens is 965 g/mol. The van der Waals surface area contributed by atoms with Gasteiger partial charge in [-0.05, 0) is 166 Å². The smallest absolute Gasteiger partial charge is 0.253 e. The fourth-order valence-electron chi connectivity index (χ4n) is 3.98. The van der Waals surface area contributed by atoms with E-state index in [2.05, 4.69) is 117 Å². The molecule has 0 unspecified atom stereocenters. The summed E-state index contributed by atoms with van der Waals surface area (Å²) < 4.78 is 4.14. The maximum absolute atomic E-state index is 12.2. The van der Waals surface area contributed by atoms with E-state index in [0.29, 0.717) is 11.1 Å². The van der Waals surface area contributed by atoms with Crippen LogP contribution in [0.15, 0.2) is 77.3 Å². The molecule has 0 saturated heterocycles. The number of anilines is 4. The summed E-state index contributed by atoms with van der Waals surface area (Å²) in [4.78, 5) is 24.5. The fraction of sp³-hybridized carbons (Fsp3) is 0.188. The minimum absolute atomic E-state index is 0.0747. The van der Waals surface area contributed by atoms with Gasteiger partial charge in [-0.15, -0.1) is 0 Å². The van der Waals surface area contributed by atoms with Crippen molar-refractivity contribution in [1.29, 1.82) is 0 Å². The Morgan fingerprint density at radius 1 is 0.614 bits per heavy atom. The molecule has 6 N–H and O–H groups in total. The Morgan fingerprint density at radius 2 is 1.00 bits per heavy atom. The number of aliphatic hydroxyl groups excluding tert-OH is 2. The molecule has 0 heterocycles. The summed E-state index contributed by atoms with van der Waals surface area (Å²) in [6.07, 6.45) is 0. The molecule has 12 heteroatoms. The van der Waals surface area contributed by atoms with E-state index < -0.39 is 0 Å². The third kappa shape index (κ3) is 11.1. The second-order valence-corrected chi connectivity index (χ2v) is 14.2. The Bertz CT molecular complexity index is 1500. The van der Waals surface area contributed by atoms with Gasteiger partial charge in [-0.3, -0.25) is 9.59 Å². The summed E-state index contributed by atoms with van der Waals surface area (Å²) in [6.45, 7) is 4.37. The maximum Gasteiger partial charge on any atom is 0.253 e. The monoisotopic (exact) mass is 996 g/mol. The van der Waals surface area contributed by atoms with Gasteiger partial charge in [0.1, 0.15) is 0 Å². The number of carbonyl (C=O) groups excluding carboxylic acids is 2.